The van der Waals surface area contributed by atoms with Crippen molar-refractivity contribution >= 4 is 0 Å². The van der Waals surface area contributed by atoms with Crippen molar-refractivity contribution in [1.29, 1.82) is 0 Å². The lowest BCUT2D eigenvalue weighted by atomic mass is 9.44. The average Bonchev–Trinajstić information content (AvgIpc) is 3.29. The van der Waals surface area contributed by atoms with Gasteiger partial charge in [-0.3, -0.25) is 0 Å². The molecule has 5 rings (SSSR count). The number of hydrogen-bond acceptors (Lipinski definition) is 3. The van der Waals surface area contributed by atoms with Gasteiger partial charge >= 0.3 is 0 Å². The predicted octanol–water partition coefficient (Wildman–Crippen LogP) is 6.64. The molecule has 5 aliphatic rings. The molecule has 4 aliphatic carbocycles. The van der Waals surface area contributed by atoms with Crippen LogP contribution in [0.15, 0.2) is 11.6 Å². The molecule has 7 atom stereocenters. The third-order valence-corrected chi connectivity index (χ3v) is 11.2. The number of allylic oxidation sites excluding steroid dienone is 1. The summed E-state index contributed by atoms with van der Waals surface area (Å²) in [5.74, 6) is 2.41. The molecule has 176 valence electrons. The third-order valence-electron chi connectivity index (χ3n) is 11.2. The van der Waals surface area contributed by atoms with E-state index in [1.165, 1.54) is 51.4 Å². The Hall–Kier alpha value is -0.380. The van der Waals surface area contributed by atoms with Crippen LogP contribution in [0.2, 0.25) is 0 Å². The Balaban J connectivity index is 1.38. The Labute approximate surface area is 190 Å². The van der Waals surface area contributed by atoms with Crippen molar-refractivity contribution in [2.75, 3.05) is 13.2 Å². The molecule has 0 aromatic carbocycles. The number of unbranched alkanes of at least 4 members (excludes halogenated alkanes) is 3. The van der Waals surface area contributed by atoms with Crippen LogP contribution in [0, 0.1) is 34.5 Å². The van der Waals surface area contributed by atoms with Crippen LogP contribution < -0.4 is 0 Å². The van der Waals surface area contributed by atoms with E-state index in [1.54, 1.807) is 5.57 Å². The maximum absolute atomic E-state index is 11.9. The average molecular weight is 431 g/mol. The normalized spacial score (nSPS) is 48.2. The Morgan fingerprint density at radius 1 is 1.03 bits per heavy atom. The first-order chi connectivity index (χ1) is 14.8. The van der Waals surface area contributed by atoms with Gasteiger partial charge in [-0.05, 0) is 73.0 Å². The first kappa shape index (κ1) is 22.4. The lowest BCUT2D eigenvalue weighted by molar-refractivity contribution is -0.202. The zero-order valence-corrected chi connectivity index (χ0v) is 20.5. The summed E-state index contributed by atoms with van der Waals surface area (Å²) in [6.07, 6.45) is 16.6. The largest absolute Gasteiger partial charge is 0.389 e. The van der Waals surface area contributed by atoms with E-state index in [0.29, 0.717) is 11.8 Å². The van der Waals surface area contributed by atoms with Crippen molar-refractivity contribution in [2.24, 2.45) is 34.5 Å². The summed E-state index contributed by atoms with van der Waals surface area (Å²) < 4.78 is 12.3. The number of hydrogen-bond donors (Lipinski definition) is 1. The molecule has 0 aromatic heterocycles. The Bertz CT molecular complexity index is 709. The molecule has 31 heavy (non-hydrogen) atoms. The highest BCUT2D eigenvalue weighted by Crippen LogP contribution is 2.69. The first-order valence-corrected chi connectivity index (χ1v) is 13.5. The predicted molar refractivity (Wildman–Crippen MR) is 125 cm³/mol. The fourth-order valence-corrected chi connectivity index (χ4v) is 9.16. The molecule has 1 saturated heterocycles. The topological polar surface area (TPSA) is 38.7 Å². The number of ether oxygens (including phenoxy) is 2. The van der Waals surface area contributed by atoms with Crippen molar-refractivity contribution < 1.29 is 14.6 Å². The highest BCUT2D eigenvalue weighted by atomic mass is 16.7. The van der Waals surface area contributed by atoms with Crippen LogP contribution >= 0.6 is 0 Å². The first-order valence-electron chi connectivity index (χ1n) is 13.5. The molecule has 1 heterocycles. The number of aliphatic hydroxyl groups is 1. The van der Waals surface area contributed by atoms with Gasteiger partial charge in [-0.2, -0.15) is 0 Å². The van der Waals surface area contributed by atoms with Crippen LogP contribution in [0.3, 0.4) is 0 Å². The molecule has 0 radical (unpaired) electrons. The molecule has 0 unspecified atom stereocenters. The molecule has 3 nitrogen and oxygen atoms in total. The summed E-state index contributed by atoms with van der Waals surface area (Å²) in [7, 11) is 0. The molecule has 1 N–H and O–H groups in total. The summed E-state index contributed by atoms with van der Waals surface area (Å²) >= 11 is 0. The molecule has 0 aromatic rings. The van der Waals surface area contributed by atoms with Crippen LogP contribution in [-0.4, -0.2) is 29.7 Å². The van der Waals surface area contributed by atoms with E-state index in [2.05, 4.69) is 33.8 Å². The van der Waals surface area contributed by atoms with Crippen LogP contribution in [0.4, 0.5) is 0 Å². The van der Waals surface area contributed by atoms with Crippen LogP contribution in [-0.2, 0) is 9.47 Å². The Kier molecular flexibility index (Phi) is 5.67. The van der Waals surface area contributed by atoms with Crippen molar-refractivity contribution in [3.63, 3.8) is 0 Å². The molecular formula is C28H46O3. The summed E-state index contributed by atoms with van der Waals surface area (Å²) in [5.41, 5.74) is 1.56. The molecule has 1 aliphatic heterocycles. The van der Waals surface area contributed by atoms with Crippen LogP contribution in [0.25, 0.3) is 0 Å². The van der Waals surface area contributed by atoms with E-state index >= 15 is 0 Å². The van der Waals surface area contributed by atoms with Gasteiger partial charge in [0.2, 0.25) is 0 Å². The number of fused-ring (bicyclic) bond motifs is 5. The molecule has 3 saturated carbocycles. The zero-order valence-electron chi connectivity index (χ0n) is 20.5. The second-order valence-electron chi connectivity index (χ2n) is 12.4. The Morgan fingerprint density at radius 2 is 1.77 bits per heavy atom. The van der Waals surface area contributed by atoms with Crippen LogP contribution in [0.5, 0.6) is 0 Å². The van der Waals surface area contributed by atoms with Gasteiger partial charge in [-0.25, -0.2) is 0 Å². The van der Waals surface area contributed by atoms with Gasteiger partial charge in [0.15, 0.2) is 5.79 Å². The van der Waals surface area contributed by atoms with E-state index in [4.69, 9.17) is 9.47 Å². The lowest BCUT2D eigenvalue weighted by Gasteiger charge is -2.61. The fraction of sp³-hybridized carbons (Fsp3) is 0.929. The molecular weight excluding hydrogens is 384 g/mol. The van der Waals surface area contributed by atoms with Crippen molar-refractivity contribution in [1.82, 2.24) is 0 Å². The maximum atomic E-state index is 11.9. The van der Waals surface area contributed by atoms with E-state index in [-0.39, 0.29) is 16.6 Å². The quantitative estimate of drug-likeness (QED) is 0.392. The SMILES string of the molecule is CCCCCC[C@]1(O)CC[C@H]2[C@@H]3CC=C4CC5(C[C@H](C)[C@]4(C)[C@H]3CC[C@@]21C)OCCO5. The summed E-state index contributed by atoms with van der Waals surface area (Å²) in [5, 5.41) is 11.9. The minimum atomic E-state index is -0.435. The number of rotatable bonds is 5. The maximum Gasteiger partial charge on any atom is 0.172 e. The summed E-state index contributed by atoms with van der Waals surface area (Å²) in [6, 6.07) is 0. The van der Waals surface area contributed by atoms with Gasteiger partial charge in [0.25, 0.3) is 0 Å². The Morgan fingerprint density at radius 3 is 2.52 bits per heavy atom. The van der Waals surface area contributed by atoms with Gasteiger partial charge in [-0.15, -0.1) is 0 Å². The van der Waals surface area contributed by atoms with Crippen molar-refractivity contribution in [2.45, 2.75) is 116 Å². The van der Waals surface area contributed by atoms with Crippen LogP contribution in [0.1, 0.15) is 105 Å². The second-order valence-corrected chi connectivity index (χ2v) is 12.4. The van der Waals surface area contributed by atoms with E-state index in [1.807, 2.05) is 0 Å². The van der Waals surface area contributed by atoms with Crippen molar-refractivity contribution in [3.05, 3.63) is 11.6 Å². The monoisotopic (exact) mass is 430 g/mol. The highest BCUT2D eigenvalue weighted by Gasteiger charge is 2.65. The molecule has 0 bridgehead atoms. The molecule has 3 heteroatoms. The minimum absolute atomic E-state index is 0.110. The second kappa shape index (κ2) is 7.84. The smallest absolute Gasteiger partial charge is 0.172 e. The molecule has 0 amide bonds. The summed E-state index contributed by atoms with van der Waals surface area (Å²) in [6.45, 7) is 11.3. The van der Waals surface area contributed by atoms with E-state index in [9.17, 15) is 5.11 Å². The fourth-order valence-electron chi connectivity index (χ4n) is 9.16. The highest BCUT2D eigenvalue weighted by molar-refractivity contribution is 5.28. The van der Waals surface area contributed by atoms with Gasteiger partial charge < -0.3 is 14.6 Å². The van der Waals surface area contributed by atoms with Crippen molar-refractivity contribution in [3.8, 4) is 0 Å². The third kappa shape index (κ3) is 3.23. The molecule has 1 spiro atoms. The zero-order chi connectivity index (χ0) is 21.9. The van der Waals surface area contributed by atoms with Gasteiger partial charge in [0, 0.05) is 12.8 Å². The van der Waals surface area contributed by atoms with E-state index < -0.39 is 5.60 Å². The van der Waals surface area contributed by atoms with E-state index in [0.717, 1.165) is 50.7 Å². The van der Waals surface area contributed by atoms with Gasteiger partial charge in [0.05, 0.1) is 18.8 Å². The van der Waals surface area contributed by atoms with Gasteiger partial charge in [-0.1, -0.05) is 65.0 Å². The lowest BCUT2D eigenvalue weighted by Crippen LogP contribution is -2.57. The summed E-state index contributed by atoms with van der Waals surface area (Å²) in [4.78, 5) is 0. The molecule has 4 fully saturated rings. The standard InChI is InChI=1S/C28H46O3/c1-5-6-7-8-13-27(29)15-12-23-22-10-9-21-19-28(30-16-17-31-28)18-20(2)26(21,4)24(22)11-14-25(23,27)3/h9,20,22-24,29H,5-8,10-19H2,1-4H3/t20-,22-,23-,24-,25-,26-,27-/m0/s1. The minimum Gasteiger partial charge on any atom is -0.389 e. The van der Waals surface area contributed by atoms with Gasteiger partial charge in [0.1, 0.15) is 0 Å².